The van der Waals surface area contributed by atoms with Gasteiger partial charge in [0, 0.05) is 61.7 Å². The van der Waals surface area contributed by atoms with Gasteiger partial charge in [0.1, 0.15) is 11.3 Å². The number of ether oxygens (including phenoxy) is 1. The number of piperazine rings is 1. The zero-order valence-corrected chi connectivity index (χ0v) is 19.2. The van der Waals surface area contributed by atoms with Gasteiger partial charge in [0.2, 0.25) is 11.8 Å². The van der Waals surface area contributed by atoms with E-state index in [4.69, 9.17) is 9.15 Å². The summed E-state index contributed by atoms with van der Waals surface area (Å²) < 4.78 is 13.9. The van der Waals surface area contributed by atoms with Crippen LogP contribution in [0.4, 0.5) is 5.69 Å². The highest BCUT2D eigenvalue weighted by Gasteiger charge is 2.23. The summed E-state index contributed by atoms with van der Waals surface area (Å²) in [6, 6.07) is 12.6. The normalized spacial score (nSPS) is 20.9. The standard InChI is InChI=1S/C25H28N6O3/c1-16-14-26-10-11-30(16)19-3-2-4-21-18(19)13-22(34-21)20-15-27-23-6-8-25(29-31(20)23)33-12-9-17-5-7-24(32)28-17/h2-4,6,8,13,15-17,26H,5,7,9-12,14H2,1H3,(H,28,32). The van der Waals surface area contributed by atoms with Crippen molar-refractivity contribution in [3.05, 3.63) is 42.6 Å². The maximum Gasteiger partial charge on any atom is 0.231 e. The zero-order chi connectivity index (χ0) is 23.1. The van der Waals surface area contributed by atoms with Crippen LogP contribution in [-0.2, 0) is 4.79 Å². The Balaban J connectivity index is 1.27. The number of carbonyl (C=O) groups is 1. The summed E-state index contributed by atoms with van der Waals surface area (Å²) in [7, 11) is 0. The van der Waals surface area contributed by atoms with Gasteiger partial charge in [-0.25, -0.2) is 9.50 Å². The highest BCUT2D eigenvalue weighted by molar-refractivity contribution is 5.94. The van der Waals surface area contributed by atoms with Crippen LogP contribution in [0, 0.1) is 0 Å². The molecule has 0 radical (unpaired) electrons. The Morgan fingerprint density at radius 2 is 2.21 bits per heavy atom. The number of nitrogens with zero attached hydrogens (tertiary/aromatic N) is 4. The molecule has 176 valence electrons. The molecule has 1 amide bonds. The van der Waals surface area contributed by atoms with Gasteiger partial charge in [-0.05, 0) is 37.6 Å². The molecule has 5 heterocycles. The first-order chi connectivity index (χ1) is 16.7. The Morgan fingerprint density at radius 1 is 1.26 bits per heavy atom. The van der Waals surface area contributed by atoms with Gasteiger partial charge in [0.25, 0.3) is 0 Å². The van der Waals surface area contributed by atoms with E-state index in [2.05, 4.69) is 44.7 Å². The Hall–Kier alpha value is -3.59. The lowest BCUT2D eigenvalue weighted by atomic mass is 10.1. The van der Waals surface area contributed by atoms with E-state index in [1.807, 2.05) is 24.3 Å². The fraction of sp³-hybridized carbons (Fsp3) is 0.400. The largest absolute Gasteiger partial charge is 0.477 e. The van der Waals surface area contributed by atoms with Crippen LogP contribution in [0.3, 0.4) is 0 Å². The number of furan rings is 1. The van der Waals surface area contributed by atoms with Crippen molar-refractivity contribution in [1.29, 1.82) is 0 Å². The monoisotopic (exact) mass is 460 g/mol. The van der Waals surface area contributed by atoms with Gasteiger partial charge in [0.15, 0.2) is 11.4 Å². The van der Waals surface area contributed by atoms with E-state index < -0.39 is 0 Å². The topological polar surface area (TPSA) is 96.9 Å². The smallest absolute Gasteiger partial charge is 0.231 e. The molecule has 2 unspecified atom stereocenters. The number of amides is 1. The molecule has 2 N–H and O–H groups in total. The minimum absolute atomic E-state index is 0.119. The second-order valence-corrected chi connectivity index (χ2v) is 9.07. The molecule has 0 aliphatic carbocycles. The van der Waals surface area contributed by atoms with Gasteiger partial charge >= 0.3 is 0 Å². The van der Waals surface area contributed by atoms with E-state index in [1.54, 1.807) is 10.7 Å². The van der Waals surface area contributed by atoms with E-state index in [0.29, 0.717) is 24.9 Å². The summed E-state index contributed by atoms with van der Waals surface area (Å²) in [5.41, 5.74) is 3.53. The molecule has 9 heteroatoms. The molecule has 2 fully saturated rings. The predicted molar refractivity (Wildman–Crippen MR) is 129 cm³/mol. The summed E-state index contributed by atoms with van der Waals surface area (Å²) in [5.74, 6) is 1.35. The van der Waals surface area contributed by atoms with E-state index in [9.17, 15) is 4.79 Å². The van der Waals surface area contributed by atoms with E-state index in [1.165, 1.54) is 5.69 Å². The van der Waals surface area contributed by atoms with Crippen molar-refractivity contribution >= 4 is 28.2 Å². The van der Waals surface area contributed by atoms with Crippen LogP contribution in [0.15, 0.2) is 47.0 Å². The molecule has 2 aliphatic heterocycles. The third kappa shape index (κ3) is 3.86. The Bertz CT molecular complexity index is 1350. The molecule has 4 aromatic rings. The first-order valence-electron chi connectivity index (χ1n) is 11.9. The van der Waals surface area contributed by atoms with Crippen molar-refractivity contribution in [2.45, 2.75) is 38.3 Å². The summed E-state index contributed by atoms with van der Waals surface area (Å²) >= 11 is 0. The lowest BCUT2D eigenvalue weighted by Crippen LogP contribution is -2.49. The highest BCUT2D eigenvalue weighted by Crippen LogP contribution is 2.35. The maximum atomic E-state index is 11.4. The van der Waals surface area contributed by atoms with E-state index in [-0.39, 0.29) is 11.9 Å². The lowest BCUT2D eigenvalue weighted by molar-refractivity contribution is -0.119. The molecular formula is C25H28N6O3. The number of hydrogen-bond donors (Lipinski definition) is 2. The number of aromatic nitrogens is 3. The van der Waals surface area contributed by atoms with Crippen LogP contribution < -0.4 is 20.3 Å². The lowest BCUT2D eigenvalue weighted by Gasteiger charge is -2.36. The third-order valence-corrected chi connectivity index (χ3v) is 6.74. The number of hydrogen-bond acceptors (Lipinski definition) is 7. The molecule has 9 nitrogen and oxygen atoms in total. The first kappa shape index (κ1) is 21.0. The molecule has 1 aromatic carbocycles. The van der Waals surface area contributed by atoms with Crippen LogP contribution in [0.2, 0.25) is 0 Å². The molecule has 34 heavy (non-hydrogen) atoms. The quantitative estimate of drug-likeness (QED) is 0.457. The zero-order valence-electron chi connectivity index (χ0n) is 19.2. The second kappa shape index (κ2) is 8.64. The highest BCUT2D eigenvalue weighted by atomic mass is 16.5. The number of fused-ring (bicyclic) bond motifs is 2. The summed E-state index contributed by atoms with van der Waals surface area (Å²) in [5, 5.41) is 12.2. The third-order valence-electron chi connectivity index (χ3n) is 6.74. The minimum atomic E-state index is 0.119. The molecule has 2 aliphatic rings. The first-order valence-corrected chi connectivity index (χ1v) is 11.9. The number of nitrogens with one attached hydrogen (secondary N) is 2. The molecule has 2 saturated heterocycles. The van der Waals surface area contributed by atoms with E-state index in [0.717, 1.165) is 60.5 Å². The average molecular weight is 461 g/mol. The van der Waals surface area contributed by atoms with Crippen LogP contribution in [0.25, 0.3) is 28.1 Å². The van der Waals surface area contributed by atoms with Crippen molar-refractivity contribution in [2.75, 3.05) is 31.1 Å². The summed E-state index contributed by atoms with van der Waals surface area (Å²) in [6.45, 7) is 5.63. The van der Waals surface area contributed by atoms with Gasteiger partial charge < -0.3 is 24.7 Å². The van der Waals surface area contributed by atoms with Gasteiger partial charge in [-0.3, -0.25) is 4.79 Å². The maximum absolute atomic E-state index is 11.4. The summed E-state index contributed by atoms with van der Waals surface area (Å²) in [4.78, 5) is 18.3. The number of carbonyl (C=O) groups excluding carboxylic acids is 1. The molecule has 6 rings (SSSR count). The van der Waals surface area contributed by atoms with Gasteiger partial charge in [-0.1, -0.05) is 6.07 Å². The molecule has 0 saturated carbocycles. The van der Waals surface area contributed by atoms with Crippen LogP contribution in [-0.4, -0.2) is 58.8 Å². The molecule has 2 atom stereocenters. The number of imidazole rings is 1. The Labute approximate surface area is 197 Å². The minimum Gasteiger partial charge on any atom is -0.477 e. The van der Waals surface area contributed by atoms with Gasteiger partial charge in [-0.2, -0.15) is 0 Å². The average Bonchev–Trinajstić information content (AvgIpc) is 3.57. The number of benzene rings is 1. The SMILES string of the molecule is CC1CNCCN1c1cccc2oc(-c3cnc4ccc(OCCC5CCC(=O)N5)nn34)cc12. The van der Waals surface area contributed by atoms with Gasteiger partial charge in [0.05, 0.1) is 12.8 Å². The molecule has 3 aromatic heterocycles. The van der Waals surface area contributed by atoms with Crippen molar-refractivity contribution in [2.24, 2.45) is 0 Å². The van der Waals surface area contributed by atoms with Crippen molar-refractivity contribution in [3.63, 3.8) is 0 Å². The Morgan fingerprint density at radius 3 is 3.06 bits per heavy atom. The number of anilines is 1. The van der Waals surface area contributed by atoms with E-state index >= 15 is 0 Å². The van der Waals surface area contributed by atoms with Crippen molar-refractivity contribution in [3.8, 4) is 17.3 Å². The summed E-state index contributed by atoms with van der Waals surface area (Å²) in [6.07, 6.45) is 4.01. The number of rotatable bonds is 6. The van der Waals surface area contributed by atoms with Crippen LogP contribution >= 0.6 is 0 Å². The molecule has 0 spiro atoms. The van der Waals surface area contributed by atoms with Gasteiger partial charge in [-0.15, -0.1) is 5.10 Å². The van der Waals surface area contributed by atoms with Crippen LogP contribution in [0.1, 0.15) is 26.2 Å². The van der Waals surface area contributed by atoms with Crippen molar-refractivity contribution in [1.82, 2.24) is 25.2 Å². The fourth-order valence-electron chi connectivity index (χ4n) is 4.92. The fourth-order valence-corrected chi connectivity index (χ4v) is 4.92. The molecular weight excluding hydrogens is 432 g/mol. The second-order valence-electron chi connectivity index (χ2n) is 9.07. The molecule has 0 bridgehead atoms. The van der Waals surface area contributed by atoms with Crippen LogP contribution in [0.5, 0.6) is 5.88 Å². The van der Waals surface area contributed by atoms with Crippen molar-refractivity contribution < 1.29 is 13.9 Å². The Kier molecular flexibility index (Phi) is 5.33. The predicted octanol–water partition coefficient (Wildman–Crippen LogP) is 2.99.